The number of nitrogen functional groups attached to an aromatic ring is 1. The lowest BCUT2D eigenvalue weighted by molar-refractivity contribution is 0.353. The molecule has 2 heterocycles. The molecule has 128 valence electrons. The topological polar surface area (TPSA) is 56.7 Å². The first kappa shape index (κ1) is 16.7. The van der Waals surface area contributed by atoms with Crippen molar-refractivity contribution in [1.29, 1.82) is 0 Å². The summed E-state index contributed by atoms with van der Waals surface area (Å²) in [5, 5.41) is 0. The minimum atomic E-state index is 0.241. The molecule has 3 rings (SSSR count). The van der Waals surface area contributed by atoms with E-state index in [2.05, 4.69) is 35.3 Å². The van der Waals surface area contributed by atoms with Gasteiger partial charge in [0.15, 0.2) is 0 Å². The molecule has 0 spiro atoms. The number of nitrogens with zero attached hydrogens (tertiary/aromatic N) is 3. The second kappa shape index (κ2) is 7.65. The van der Waals surface area contributed by atoms with Gasteiger partial charge in [0.1, 0.15) is 5.82 Å². The van der Waals surface area contributed by atoms with Crippen LogP contribution in [0.3, 0.4) is 0 Å². The minimum Gasteiger partial charge on any atom is -0.384 e. The first-order chi connectivity index (χ1) is 11.7. The zero-order valence-electron chi connectivity index (χ0n) is 14.6. The van der Waals surface area contributed by atoms with Crippen LogP contribution < -0.4 is 5.73 Å². The van der Waals surface area contributed by atoms with Crippen molar-refractivity contribution in [3.63, 3.8) is 0 Å². The van der Waals surface area contributed by atoms with E-state index in [0.29, 0.717) is 11.9 Å². The van der Waals surface area contributed by atoms with Gasteiger partial charge in [0.25, 0.3) is 0 Å². The van der Waals surface area contributed by atoms with Crippen LogP contribution in [0.4, 0.5) is 5.82 Å². The van der Waals surface area contributed by atoms with Crippen LogP contribution in [0, 0.1) is 0 Å². The molecule has 2 aromatic heterocycles. The van der Waals surface area contributed by atoms with E-state index >= 15 is 0 Å². The predicted molar refractivity (Wildman–Crippen MR) is 98.9 cm³/mol. The Balaban J connectivity index is 1.79. The highest BCUT2D eigenvalue weighted by Crippen LogP contribution is 2.32. The third-order valence-corrected chi connectivity index (χ3v) is 5.21. The fraction of sp³-hybridized carbons (Fsp3) is 0.500. The molecule has 0 amide bonds. The largest absolute Gasteiger partial charge is 0.384 e. The number of pyridine rings is 1. The molecule has 2 N–H and O–H groups in total. The maximum Gasteiger partial charge on any atom is 0.123 e. The molecular formula is C20H28N4. The van der Waals surface area contributed by atoms with Gasteiger partial charge < -0.3 is 10.3 Å². The van der Waals surface area contributed by atoms with Gasteiger partial charge in [0.2, 0.25) is 0 Å². The third-order valence-electron chi connectivity index (χ3n) is 5.21. The molecule has 4 nitrogen and oxygen atoms in total. The zero-order valence-corrected chi connectivity index (χ0v) is 14.6. The average molecular weight is 324 g/mol. The van der Waals surface area contributed by atoms with Crippen LogP contribution in [0.5, 0.6) is 0 Å². The Morgan fingerprint density at radius 1 is 1.29 bits per heavy atom. The zero-order chi connectivity index (χ0) is 16.9. The van der Waals surface area contributed by atoms with Gasteiger partial charge in [0, 0.05) is 24.4 Å². The van der Waals surface area contributed by atoms with Gasteiger partial charge in [-0.1, -0.05) is 44.4 Å². The minimum absolute atomic E-state index is 0.241. The molecule has 0 aromatic carbocycles. The van der Waals surface area contributed by atoms with Crippen LogP contribution >= 0.6 is 0 Å². The van der Waals surface area contributed by atoms with Gasteiger partial charge in [-0.25, -0.2) is 9.97 Å². The molecule has 24 heavy (non-hydrogen) atoms. The van der Waals surface area contributed by atoms with Crippen molar-refractivity contribution in [3.05, 3.63) is 54.3 Å². The lowest BCUT2D eigenvalue weighted by Gasteiger charge is -2.23. The highest BCUT2D eigenvalue weighted by atomic mass is 15.1. The van der Waals surface area contributed by atoms with E-state index in [0.717, 1.165) is 18.5 Å². The first-order valence-electron chi connectivity index (χ1n) is 9.08. The van der Waals surface area contributed by atoms with E-state index in [9.17, 15) is 0 Å². The summed E-state index contributed by atoms with van der Waals surface area (Å²) < 4.78 is 2.33. The van der Waals surface area contributed by atoms with Crippen LogP contribution in [0.15, 0.2) is 43.0 Å². The van der Waals surface area contributed by atoms with Gasteiger partial charge in [-0.2, -0.15) is 0 Å². The van der Waals surface area contributed by atoms with Crippen molar-refractivity contribution in [2.75, 3.05) is 5.73 Å². The van der Waals surface area contributed by atoms with Gasteiger partial charge >= 0.3 is 0 Å². The predicted octanol–water partition coefficient (Wildman–Crippen LogP) is 4.66. The van der Waals surface area contributed by atoms with E-state index in [1.165, 1.54) is 43.2 Å². The second-order valence-corrected chi connectivity index (χ2v) is 6.90. The molecule has 1 aliphatic carbocycles. The summed E-state index contributed by atoms with van der Waals surface area (Å²) in [6, 6.07) is 4.53. The number of rotatable bonds is 6. The van der Waals surface area contributed by atoms with E-state index in [1.807, 2.05) is 18.6 Å². The smallest absolute Gasteiger partial charge is 0.123 e. The second-order valence-electron chi connectivity index (χ2n) is 6.90. The van der Waals surface area contributed by atoms with Gasteiger partial charge in [-0.3, -0.25) is 0 Å². The molecule has 1 saturated carbocycles. The quantitative estimate of drug-likeness (QED) is 0.786. The monoisotopic (exact) mass is 324 g/mol. The third kappa shape index (κ3) is 3.86. The Morgan fingerprint density at radius 2 is 2.08 bits per heavy atom. The standard InChI is InChI=1S/C20H28N4/c1-3-15(2)18(11-16-9-10-20(21)22-12-16)19-13-24(14-23-19)17-7-5-4-6-8-17/h9-10,12-14,17-18H,2-8,11H2,1H3,(H2,21,22)/t18-/m0/s1. The average Bonchev–Trinajstić information content (AvgIpc) is 3.11. The lowest BCUT2D eigenvalue weighted by Crippen LogP contribution is -2.11. The maximum atomic E-state index is 5.70. The number of imidazole rings is 1. The van der Waals surface area contributed by atoms with E-state index in [-0.39, 0.29) is 5.92 Å². The molecule has 1 fully saturated rings. The van der Waals surface area contributed by atoms with E-state index in [4.69, 9.17) is 10.7 Å². The number of allylic oxidation sites excluding steroid dienone is 1. The Labute approximate surface area is 144 Å². The molecule has 1 atom stereocenters. The van der Waals surface area contributed by atoms with Crippen molar-refractivity contribution < 1.29 is 0 Å². The Hall–Kier alpha value is -2.10. The maximum absolute atomic E-state index is 5.70. The lowest BCUT2D eigenvalue weighted by atomic mass is 9.89. The van der Waals surface area contributed by atoms with E-state index in [1.54, 1.807) is 0 Å². The van der Waals surface area contributed by atoms with Crippen molar-refractivity contribution in [2.24, 2.45) is 0 Å². The summed E-state index contributed by atoms with van der Waals surface area (Å²) >= 11 is 0. The van der Waals surface area contributed by atoms with Crippen LogP contribution in [0.25, 0.3) is 0 Å². The van der Waals surface area contributed by atoms with Crippen LogP contribution in [-0.2, 0) is 6.42 Å². The van der Waals surface area contributed by atoms with Gasteiger partial charge in [-0.15, -0.1) is 0 Å². The number of anilines is 1. The summed E-state index contributed by atoms with van der Waals surface area (Å²) in [7, 11) is 0. The summed E-state index contributed by atoms with van der Waals surface area (Å²) in [4.78, 5) is 8.94. The Morgan fingerprint density at radius 3 is 2.75 bits per heavy atom. The number of nitrogens with two attached hydrogens (primary N) is 1. The first-order valence-corrected chi connectivity index (χ1v) is 9.08. The SMILES string of the molecule is C=C(CC)[C@H](Cc1ccc(N)nc1)c1cn(C2CCCCC2)cn1. The van der Waals surface area contributed by atoms with Crippen molar-refractivity contribution in [2.45, 2.75) is 63.8 Å². The summed E-state index contributed by atoms with van der Waals surface area (Å²) in [6.07, 6.45) is 14.6. The number of hydrogen-bond acceptors (Lipinski definition) is 3. The summed E-state index contributed by atoms with van der Waals surface area (Å²) in [5.74, 6) is 0.802. The normalized spacial score (nSPS) is 16.9. The molecular weight excluding hydrogens is 296 g/mol. The van der Waals surface area contributed by atoms with E-state index < -0.39 is 0 Å². The molecule has 0 saturated heterocycles. The van der Waals surface area contributed by atoms with Gasteiger partial charge in [0.05, 0.1) is 12.0 Å². The number of hydrogen-bond donors (Lipinski definition) is 1. The van der Waals surface area contributed by atoms with Crippen LogP contribution in [-0.4, -0.2) is 14.5 Å². The van der Waals surface area contributed by atoms with Crippen LogP contribution in [0.2, 0.25) is 0 Å². The highest BCUT2D eigenvalue weighted by molar-refractivity contribution is 5.31. The fourth-order valence-electron chi connectivity index (χ4n) is 3.61. The Bertz CT molecular complexity index is 665. The molecule has 1 aliphatic rings. The number of aromatic nitrogens is 3. The molecule has 4 heteroatoms. The summed E-state index contributed by atoms with van der Waals surface area (Å²) in [6.45, 7) is 6.45. The van der Waals surface area contributed by atoms with Crippen molar-refractivity contribution >= 4 is 5.82 Å². The van der Waals surface area contributed by atoms with Crippen molar-refractivity contribution in [3.8, 4) is 0 Å². The fourth-order valence-corrected chi connectivity index (χ4v) is 3.61. The van der Waals surface area contributed by atoms with Gasteiger partial charge in [-0.05, 0) is 37.3 Å². The Kier molecular flexibility index (Phi) is 5.34. The molecule has 0 unspecified atom stereocenters. The molecule has 0 aliphatic heterocycles. The van der Waals surface area contributed by atoms with Crippen LogP contribution in [0.1, 0.15) is 68.7 Å². The molecule has 0 bridgehead atoms. The molecule has 2 aromatic rings. The molecule has 0 radical (unpaired) electrons. The summed E-state index contributed by atoms with van der Waals surface area (Å²) in [5.41, 5.74) is 9.22. The van der Waals surface area contributed by atoms with Crippen molar-refractivity contribution in [1.82, 2.24) is 14.5 Å². The highest BCUT2D eigenvalue weighted by Gasteiger charge is 2.21.